The minimum absolute atomic E-state index is 0.133. The quantitative estimate of drug-likeness (QED) is 0.761. The zero-order chi connectivity index (χ0) is 16.1. The van der Waals surface area contributed by atoms with Crippen molar-refractivity contribution >= 4 is 5.91 Å². The molecule has 1 aromatic heterocycles. The van der Waals surface area contributed by atoms with E-state index in [1.807, 2.05) is 17.9 Å². The molecule has 3 rings (SSSR count). The zero-order valence-electron chi connectivity index (χ0n) is 13.9. The molecule has 0 atom stereocenters. The van der Waals surface area contributed by atoms with Gasteiger partial charge in [-0.15, -0.1) is 0 Å². The van der Waals surface area contributed by atoms with Gasteiger partial charge in [-0.1, -0.05) is 5.16 Å². The van der Waals surface area contributed by atoms with Crippen LogP contribution in [0.15, 0.2) is 10.6 Å². The second kappa shape index (κ2) is 7.90. The maximum atomic E-state index is 12.3. The third kappa shape index (κ3) is 4.76. The summed E-state index contributed by atoms with van der Waals surface area (Å²) in [6.07, 6.45) is 0.314. The summed E-state index contributed by atoms with van der Waals surface area (Å²) in [5.41, 5.74) is 0.820. The molecule has 128 valence electrons. The van der Waals surface area contributed by atoms with Crippen LogP contribution < -0.4 is 0 Å². The Balaban J connectivity index is 1.36. The molecule has 1 aromatic rings. The first-order valence-electron chi connectivity index (χ1n) is 8.43. The molecule has 2 aliphatic heterocycles. The van der Waals surface area contributed by atoms with Crippen molar-refractivity contribution in [3.05, 3.63) is 17.5 Å². The number of carbonyl (C=O) groups is 1. The number of carbonyl (C=O) groups excluding carboxylic acids is 1. The Morgan fingerprint density at radius 2 is 1.74 bits per heavy atom. The maximum Gasteiger partial charge on any atom is 0.230 e. The van der Waals surface area contributed by atoms with Gasteiger partial charge in [-0.05, 0) is 6.92 Å². The smallest absolute Gasteiger partial charge is 0.230 e. The van der Waals surface area contributed by atoms with Crippen molar-refractivity contribution in [3.8, 4) is 0 Å². The fraction of sp³-hybridized carbons (Fsp3) is 0.750. The second-order valence-corrected chi connectivity index (χ2v) is 6.29. The minimum atomic E-state index is 0.133. The van der Waals surface area contributed by atoms with Gasteiger partial charge in [0.15, 0.2) is 0 Å². The number of hydrogen-bond acceptors (Lipinski definition) is 6. The van der Waals surface area contributed by atoms with Crippen molar-refractivity contribution in [1.82, 2.24) is 19.9 Å². The summed E-state index contributed by atoms with van der Waals surface area (Å²) in [5, 5.41) is 3.83. The molecule has 7 nitrogen and oxygen atoms in total. The summed E-state index contributed by atoms with van der Waals surface area (Å²) < 4.78 is 10.5. The van der Waals surface area contributed by atoms with Gasteiger partial charge in [0.05, 0.1) is 25.3 Å². The number of aromatic nitrogens is 1. The molecule has 1 amide bonds. The molecule has 2 aliphatic rings. The third-order valence-corrected chi connectivity index (χ3v) is 4.56. The van der Waals surface area contributed by atoms with Crippen LogP contribution in [0.5, 0.6) is 0 Å². The predicted molar refractivity (Wildman–Crippen MR) is 85.2 cm³/mol. The average Bonchev–Trinajstić information content (AvgIpc) is 2.99. The van der Waals surface area contributed by atoms with Crippen LogP contribution in [-0.2, 0) is 16.0 Å². The van der Waals surface area contributed by atoms with E-state index in [4.69, 9.17) is 9.26 Å². The Labute approximate surface area is 137 Å². The number of nitrogens with zero attached hydrogens (tertiary/aromatic N) is 4. The van der Waals surface area contributed by atoms with Gasteiger partial charge in [-0.25, -0.2) is 0 Å². The SMILES string of the molecule is Cc1cc(CC(=O)N2CCN(CCN3CCOCC3)CC2)on1. The van der Waals surface area contributed by atoms with Crippen LogP contribution in [0.3, 0.4) is 0 Å². The highest BCUT2D eigenvalue weighted by molar-refractivity contribution is 5.78. The van der Waals surface area contributed by atoms with E-state index in [1.54, 1.807) is 0 Å². The maximum absolute atomic E-state index is 12.3. The van der Waals surface area contributed by atoms with Crippen molar-refractivity contribution in [2.24, 2.45) is 0 Å². The highest BCUT2D eigenvalue weighted by Gasteiger charge is 2.22. The van der Waals surface area contributed by atoms with E-state index < -0.39 is 0 Å². The normalized spacial score (nSPS) is 20.8. The standard InChI is InChI=1S/C16H26N4O3/c1-14-12-15(23-17-14)13-16(21)20-6-4-18(5-7-20)2-3-19-8-10-22-11-9-19/h12H,2-11,13H2,1H3. The number of morpholine rings is 1. The topological polar surface area (TPSA) is 62.1 Å². The molecule has 0 aliphatic carbocycles. The van der Waals surface area contributed by atoms with Crippen LogP contribution in [0.4, 0.5) is 0 Å². The first-order valence-corrected chi connectivity index (χ1v) is 8.43. The van der Waals surface area contributed by atoms with Gasteiger partial charge in [0.1, 0.15) is 5.76 Å². The van der Waals surface area contributed by atoms with Gasteiger partial charge < -0.3 is 14.2 Å². The lowest BCUT2D eigenvalue weighted by Gasteiger charge is -2.36. The fourth-order valence-corrected chi connectivity index (χ4v) is 3.09. The van der Waals surface area contributed by atoms with Crippen molar-refractivity contribution in [3.63, 3.8) is 0 Å². The Bertz CT molecular complexity index is 505. The monoisotopic (exact) mass is 322 g/mol. The van der Waals surface area contributed by atoms with E-state index in [2.05, 4.69) is 15.0 Å². The van der Waals surface area contributed by atoms with E-state index in [0.717, 1.165) is 71.3 Å². The van der Waals surface area contributed by atoms with E-state index in [9.17, 15) is 4.79 Å². The summed E-state index contributed by atoms with van der Waals surface area (Å²) in [7, 11) is 0. The number of ether oxygens (including phenoxy) is 1. The molecule has 0 bridgehead atoms. The molecule has 23 heavy (non-hydrogen) atoms. The van der Waals surface area contributed by atoms with Crippen LogP contribution in [0.1, 0.15) is 11.5 Å². The molecule has 3 heterocycles. The van der Waals surface area contributed by atoms with Gasteiger partial charge >= 0.3 is 0 Å². The van der Waals surface area contributed by atoms with E-state index in [-0.39, 0.29) is 5.91 Å². The van der Waals surface area contributed by atoms with Crippen molar-refractivity contribution in [1.29, 1.82) is 0 Å². The fourth-order valence-electron chi connectivity index (χ4n) is 3.09. The zero-order valence-corrected chi connectivity index (χ0v) is 13.9. The second-order valence-electron chi connectivity index (χ2n) is 6.29. The van der Waals surface area contributed by atoms with Crippen molar-refractivity contribution in [2.45, 2.75) is 13.3 Å². The van der Waals surface area contributed by atoms with Gasteiger partial charge in [-0.2, -0.15) is 0 Å². The molecule has 2 fully saturated rings. The Hall–Kier alpha value is -1.44. The molecule has 0 radical (unpaired) electrons. The highest BCUT2D eigenvalue weighted by Crippen LogP contribution is 2.08. The summed E-state index contributed by atoms with van der Waals surface area (Å²) >= 11 is 0. The molecule has 0 saturated carbocycles. The minimum Gasteiger partial charge on any atom is -0.379 e. The number of piperazine rings is 1. The number of aryl methyl sites for hydroxylation is 1. The third-order valence-electron chi connectivity index (χ3n) is 4.56. The Morgan fingerprint density at radius 1 is 1.09 bits per heavy atom. The summed E-state index contributed by atoms with van der Waals surface area (Å²) in [6, 6.07) is 1.83. The Morgan fingerprint density at radius 3 is 2.35 bits per heavy atom. The van der Waals surface area contributed by atoms with Crippen LogP contribution in [0.25, 0.3) is 0 Å². The van der Waals surface area contributed by atoms with Gasteiger partial charge in [0.2, 0.25) is 5.91 Å². The van der Waals surface area contributed by atoms with Crippen molar-refractivity contribution < 1.29 is 14.1 Å². The number of amides is 1. The number of hydrogen-bond donors (Lipinski definition) is 0. The first kappa shape index (κ1) is 16.4. The lowest BCUT2D eigenvalue weighted by Crippen LogP contribution is -2.51. The Kier molecular flexibility index (Phi) is 5.64. The molecular weight excluding hydrogens is 296 g/mol. The molecule has 0 spiro atoms. The van der Waals surface area contributed by atoms with Crippen LogP contribution in [-0.4, -0.2) is 91.3 Å². The van der Waals surface area contributed by atoms with E-state index in [0.29, 0.717) is 12.2 Å². The molecular formula is C16H26N4O3. The molecule has 0 N–H and O–H groups in total. The van der Waals surface area contributed by atoms with Gasteiger partial charge in [0.25, 0.3) is 0 Å². The van der Waals surface area contributed by atoms with Crippen LogP contribution in [0.2, 0.25) is 0 Å². The summed E-state index contributed by atoms with van der Waals surface area (Å²) in [6.45, 7) is 11.3. The summed E-state index contributed by atoms with van der Waals surface area (Å²) in [4.78, 5) is 19.1. The average molecular weight is 322 g/mol. The molecule has 0 unspecified atom stereocenters. The van der Waals surface area contributed by atoms with Gasteiger partial charge in [0, 0.05) is 58.4 Å². The summed E-state index contributed by atoms with van der Waals surface area (Å²) in [5.74, 6) is 0.788. The molecule has 0 aromatic carbocycles. The lowest BCUT2D eigenvalue weighted by atomic mass is 10.2. The van der Waals surface area contributed by atoms with Crippen molar-refractivity contribution in [2.75, 3.05) is 65.6 Å². The largest absolute Gasteiger partial charge is 0.379 e. The van der Waals surface area contributed by atoms with Crippen LogP contribution in [0, 0.1) is 6.92 Å². The number of rotatable bonds is 5. The van der Waals surface area contributed by atoms with Crippen LogP contribution >= 0.6 is 0 Å². The molecule has 2 saturated heterocycles. The van der Waals surface area contributed by atoms with Gasteiger partial charge in [-0.3, -0.25) is 14.6 Å². The first-order chi connectivity index (χ1) is 11.2. The highest BCUT2D eigenvalue weighted by atomic mass is 16.5. The predicted octanol–water partition coefficient (Wildman–Crippen LogP) is 0.00192. The molecule has 7 heteroatoms. The van der Waals surface area contributed by atoms with E-state index >= 15 is 0 Å². The van der Waals surface area contributed by atoms with E-state index in [1.165, 1.54) is 0 Å². The lowest BCUT2D eigenvalue weighted by molar-refractivity contribution is -0.132.